The summed E-state index contributed by atoms with van der Waals surface area (Å²) in [5, 5.41) is 16.7. The summed E-state index contributed by atoms with van der Waals surface area (Å²) in [4.78, 5) is 90.5. The summed E-state index contributed by atoms with van der Waals surface area (Å²) < 4.78 is 22.3. The molecule has 17 nitrogen and oxygen atoms in total. The second-order valence-electron chi connectivity index (χ2n) is 21.7. The number of benzene rings is 2. The summed E-state index contributed by atoms with van der Waals surface area (Å²) in [5.41, 5.74) is 9.97. The van der Waals surface area contributed by atoms with Crippen molar-refractivity contribution in [3.05, 3.63) is 71.5 Å². The van der Waals surface area contributed by atoms with Gasteiger partial charge in [-0.15, -0.1) is 0 Å². The predicted octanol–water partition coefficient (Wildman–Crippen LogP) is 5.35. The lowest BCUT2D eigenvalue weighted by Gasteiger charge is -2.37. The molecule has 388 valence electrons. The number of phenolic OH excluding ortho intramolecular Hbond substituents is 1. The van der Waals surface area contributed by atoms with E-state index < -0.39 is 93.8 Å². The van der Waals surface area contributed by atoms with Crippen LogP contribution in [0.3, 0.4) is 0 Å². The Kier molecular flexibility index (Phi) is 16.0. The van der Waals surface area contributed by atoms with Crippen LogP contribution in [0.15, 0.2) is 54.9 Å². The minimum Gasteiger partial charge on any atom is -0.597 e. The van der Waals surface area contributed by atoms with Crippen molar-refractivity contribution < 1.29 is 43.2 Å². The number of cyclic esters (lactones) is 1. The average molecular weight is 1010 g/mol. The predicted molar refractivity (Wildman–Crippen MR) is 276 cm³/mol. The molecule has 4 aromatic rings. The number of carbonyl (C=O) groups excluding carboxylic acids is 6. The molecule has 2 unspecified atom stereocenters. The van der Waals surface area contributed by atoms with E-state index in [0.717, 1.165) is 45.3 Å². The lowest BCUT2D eigenvalue weighted by atomic mass is 9.84. The van der Waals surface area contributed by atoms with Crippen molar-refractivity contribution in [2.24, 2.45) is 11.3 Å². The summed E-state index contributed by atoms with van der Waals surface area (Å²) in [5.74, 6) is -3.61. The molecule has 0 radical (unpaired) electrons. The van der Waals surface area contributed by atoms with Crippen LogP contribution >= 0.6 is 0 Å². The Hall–Kier alpha value is -5.82. The highest BCUT2D eigenvalue weighted by Gasteiger charge is 2.65. The first-order chi connectivity index (χ1) is 33.9. The van der Waals surface area contributed by atoms with Gasteiger partial charge < -0.3 is 34.1 Å². The van der Waals surface area contributed by atoms with E-state index in [9.17, 15) is 38.4 Å². The first-order valence-electron chi connectivity index (χ1n) is 25.0. The number of hydrogen-bond acceptors (Lipinski definition) is 12. The number of likely N-dealkylation sites (N-methyl/N-ethyl adjacent to an activating group) is 2. The van der Waals surface area contributed by atoms with E-state index >= 15 is 0 Å². The number of hydrazine groups is 1. The highest BCUT2D eigenvalue weighted by atomic mass is 32.2. The van der Waals surface area contributed by atoms with Crippen molar-refractivity contribution in [1.29, 1.82) is 0 Å². The zero-order chi connectivity index (χ0) is 52.7. The minimum absolute atomic E-state index is 0.0396. The van der Waals surface area contributed by atoms with E-state index in [0.29, 0.717) is 36.9 Å². The monoisotopic (exact) mass is 1010 g/mol. The third-order valence-electron chi connectivity index (χ3n) is 14.0. The molecule has 2 aromatic carbocycles. The smallest absolute Gasteiger partial charge is 0.324 e. The van der Waals surface area contributed by atoms with Crippen LogP contribution in [0.2, 0.25) is 0 Å². The van der Waals surface area contributed by atoms with Crippen molar-refractivity contribution in [2.75, 3.05) is 33.8 Å². The van der Waals surface area contributed by atoms with Crippen LogP contribution in [0.1, 0.15) is 98.8 Å². The Morgan fingerprint density at radius 2 is 1.76 bits per heavy atom. The minimum atomic E-state index is -1.65. The van der Waals surface area contributed by atoms with Gasteiger partial charge in [-0.05, 0) is 124 Å². The molecule has 4 amide bonds. The van der Waals surface area contributed by atoms with Crippen LogP contribution in [-0.2, 0) is 70.7 Å². The molecular weight excluding hydrogens is 937 g/mol. The number of pyridine rings is 1. The van der Waals surface area contributed by atoms with Crippen LogP contribution in [0.25, 0.3) is 33.3 Å². The van der Waals surface area contributed by atoms with Gasteiger partial charge in [-0.25, -0.2) is 5.43 Å². The maximum absolute atomic E-state index is 14.8. The number of ether oxygens (including phenoxy) is 1. The maximum Gasteiger partial charge on any atom is 0.324 e. The van der Waals surface area contributed by atoms with Crippen LogP contribution in [0.4, 0.5) is 0 Å². The molecule has 3 N–H and O–H groups in total. The van der Waals surface area contributed by atoms with E-state index in [2.05, 4.69) is 60.1 Å². The highest BCUT2D eigenvalue weighted by Crippen LogP contribution is 2.42. The molecular formula is C54H72N8O9S. The number of aromatic nitrogens is 2. The van der Waals surface area contributed by atoms with Gasteiger partial charge in [-0.1, -0.05) is 51.1 Å². The van der Waals surface area contributed by atoms with Gasteiger partial charge in [0, 0.05) is 79.2 Å². The zero-order valence-corrected chi connectivity index (χ0v) is 44.6. The fraction of sp³-hybridized carbons (Fsp3) is 0.537. The number of aryl methyl sites for hydroxylation is 2. The first kappa shape index (κ1) is 54.0. The first-order valence-corrected chi connectivity index (χ1v) is 26.2. The third kappa shape index (κ3) is 11.2. The van der Waals surface area contributed by atoms with Gasteiger partial charge in [-0.2, -0.15) is 0 Å². The molecule has 6 bridgehead atoms. The summed E-state index contributed by atoms with van der Waals surface area (Å²) in [7, 11) is 2.88. The van der Waals surface area contributed by atoms with Crippen molar-refractivity contribution >= 4 is 57.6 Å². The van der Waals surface area contributed by atoms with E-state index in [1.165, 1.54) is 40.1 Å². The summed E-state index contributed by atoms with van der Waals surface area (Å²) in [6.07, 6.45) is 5.91. The van der Waals surface area contributed by atoms with Gasteiger partial charge in [0.15, 0.2) is 11.8 Å². The van der Waals surface area contributed by atoms with Gasteiger partial charge in [-0.3, -0.25) is 38.8 Å². The van der Waals surface area contributed by atoms with Crippen LogP contribution < -0.4 is 10.7 Å². The number of fused-ring (bicyclic) bond motifs is 6. The molecule has 2 saturated heterocycles. The second-order valence-corrected chi connectivity index (χ2v) is 23.9. The SMILES string of the molecule is CCc1ccncc1-c1c2c3cc(ccc3n1CC)-c1cc(O)cc(c1)C[C@H](NC(=O)[C@H](C(C)C)N(C)C(=O)CN(C)C(=O)[C@@H]1[C@H](C(C)=O)N1[S+]([O-])C(C)(C)C)C(=O)N1CCC[C@H](N1)C(=O)OCC(C)(C)C2. The molecule has 3 aliphatic rings. The second kappa shape index (κ2) is 21.3. The van der Waals surface area contributed by atoms with Crippen molar-refractivity contribution in [2.45, 2.75) is 143 Å². The number of aromatic hydroxyl groups is 1. The fourth-order valence-electron chi connectivity index (χ4n) is 10.3. The standard InChI is InChI=1S/C54H72N8O9S/c1-13-34-19-20-55-28-40(34)47-39-27-54(9,10)30-71-52(69)41-16-15-21-61(57-41)50(67)42(24-33-22-36(25-37(64)23-33)35-17-18-43(38(39)26-35)60(47)14-2)56-49(66)45(31(3)4)59(12)44(65)29-58(11)51(68)48-46(32(5)63)62(48)72(70)53(6,7)8/h17-20,22-23,25-26,28,31,41-42,45-46,48,57,64H,13-16,21,24,27,29-30H2,1-12H3,(H,56,66)/t41-,42-,45-,46-,48-,62?,72?/m0/s1. The Morgan fingerprint density at radius 3 is 2.42 bits per heavy atom. The Bertz CT molecular complexity index is 2750. The quantitative estimate of drug-likeness (QED) is 0.0933. The molecule has 18 heteroatoms. The number of carbonyl (C=O) groups is 6. The van der Waals surface area contributed by atoms with Crippen molar-refractivity contribution in [1.82, 2.24) is 39.4 Å². The molecule has 5 heterocycles. The van der Waals surface area contributed by atoms with E-state index in [1.54, 1.807) is 46.8 Å². The number of nitrogens with zero attached hydrogens (tertiary/aromatic N) is 6. The molecule has 0 saturated carbocycles. The number of esters is 1. The summed E-state index contributed by atoms with van der Waals surface area (Å²) >= 11 is -1.65. The molecule has 2 aromatic heterocycles. The normalized spacial score (nSPS) is 22.1. The van der Waals surface area contributed by atoms with Gasteiger partial charge in [0.25, 0.3) is 5.91 Å². The Labute approximate surface area is 426 Å². The number of ketones is 1. The van der Waals surface area contributed by atoms with Crippen LogP contribution in [0.5, 0.6) is 5.75 Å². The number of phenols is 1. The van der Waals surface area contributed by atoms with Gasteiger partial charge in [0.2, 0.25) is 17.7 Å². The number of nitrogens with one attached hydrogen (secondary N) is 2. The zero-order valence-electron chi connectivity index (χ0n) is 43.8. The molecule has 0 aliphatic carbocycles. The Morgan fingerprint density at radius 1 is 1.04 bits per heavy atom. The number of rotatable bonds is 12. The third-order valence-corrected chi connectivity index (χ3v) is 15.9. The fourth-order valence-corrected chi connectivity index (χ4v) is 11.8. The lowest BCUT2D eigenvalue weighted by molar-refractivity contribution is -0.155. The van der Waals surface area contributed by atoms with Gasteiger partial charge in [0.1, 0.15) is 34.7 Å². The molecule has 72 heavy (non-hydrogen) atoms. The van der Waals surface area contributed by atoms with E-state index in [-0.39, 0.29) is 31.1 Å². The number of amides is 4. The molecule has 2 fully saturated rings. The molecule has 7 rings (SSSR count). The summed E-state index contributed by atoms with van der Waals surface area (Å²) in [6.45, 7) is 19.1. The van der Waals surface area contributed by atoms with Crippen LogP contribution in [-0.4, -0.2) is 142 Å². The van der Waals surface area contributed by atoms with Crippen molar-refractivity contribution in [3.63, 3.8) is 0 Å². The number of hydrogen-bond donors (Lipinski definition) is 3. The van der Waals surface area contributed by atoms with Gasteiger partial charge >= 0.3 is 5.97 Å². The number of Topliss-reactive ketones (excluding diaryl/α,β-unsaturated/α-hetero) is 1. The molecule has 0 spiro atoms. The van der Waals surface area contributed by atoms with Gasteiger partial charge in [0.05, 0.1) is 18.8 Å². The lowest BCUT2D eigenvalue weighted by Crippen LogP contribution is -2.62. The van der Waals surface area contributed by atoms with E-state index in [1.807, 2.05) is 30.6 Å². The largest absolute Gasteiger partial charge is 0.597 e. The topological polar surface area (TPSA) is 210 Å². The Balaban J connectivity index is 1.23. The van der Waals surface area contributed by atoms with Crippen LogP contribution in [0, 0.1) is 11.3 Å². The van der Waals surface area contributed by atoms with E-state index in [4.69, 9.17) is 4.74 Å². The molecule has 7 atom stereocenters. The average Bonchev–Trinajstić information content (AvgIpc) is 4.01. The van der Waals surface area contributed by atoms with Crippen molar-refractivity contribution in [3.8, 4) is 28.1 Å². The molecule has 3 aliphatic heterocycles. The highest BCUT2D eigenvalue weighted by molar-refractivity contribution is 7.90. The summed E-state index contributed by atoms with van der Waals surface area (Å²) in [6, 6.07) is 8.33. The maximum atomic E-state index is 14.8.